The topological polar surface area (TPSA) is 69.6 Å². The molecule has 0 spiro atoms. The molecule has 0 bridgehead atoms. The van der Waals surface area contributed by atoms with Gasteiger partial charge in [0.1, 0.15) is 5.75 Å². The minimum absolute atomic E-state index is 0.0158. The average Bonchev–Trinajstić information content (AvgIpc) is 2.15. The molecule has 0 aliphatic carbocycles. The molecular formula is C10H13NO3. The van der Waals surface area contributed by atoms with E-state index in [9.17, 15) is 4.79 Å². The number of rotatable bonds is 5. The standard InChI is InChI=1S/C10H13NO3/c12-9-3-1-8(2-4-9)5-6-11-7-10(13)14/h1-4,11-12H,5-7H2,(H,13,14). The first-order chi connectivity index (χ1) is 6.68. The SMILES string of the molecule is O=C(O)CNCCc1ccc(O)cc1. The zero-order valence-corrected chi connectivity index (χ0v) is 7.73. The van der Waals surface area contributed by atoms with Crippen LogP contribution >= 0.6 is 0 Å². The number of carboxylic acid groups (broad SMARTS) is 1. The second kappa shape index (κ2) is 5.24. The molecule has 0 fully saturated rings. The molecule has 0 atom stereocenters. The fourth-order valence-electron chi connectivity index (χ4n) is 1.09. The maximum absolute atomic E-state index is 10.2. The molecule has 1 aromatic rings. The van der Waals surface area contributed by atoms with Crippen LogP contribution in [-0.2, 0) is 11.2 Å². The second-order valence-electron chi connectivity index (χ2n) is 2.99. The lowest BCUT2D eigenvalue weighted by atomic mass is 10.1. The van der Waals surface area contributed by atoms with Crippen molar-refractivity contribution in [2.45, 2.75) is 6.42 Å². The molecule has 1 rings (SSSR count). The Kier molecular flexibility index (Phi) is 3.94. The number of benzene rings is 1. The van der Waals surface area contributed by atoms with Gasteiger partial charge in [-0.3, -0.25) is 4.79 Å². The van der Waals surface area contributed by atoms with E-state index in [0.29, 0.717) is 6.54 Å². The Morgan fingerprint density at radius 3 is 2.50 bits per heavy atom. The van der Waals surface area contributed by atoms with Crippen LogP contribution in [0.25, 0.3) is 0 Å². The van der Waals surface area contributed by atoms with Gasteiger partial charge in [-0.05, 0) is 30.7 Å². The van der Waals surface area contributed by atoms with E-state index in [-0.39, 0.29) is 12.3 Å². The first-order valence-electron chi connectivity index (χ1n) is 4.39. The molecular weight excluding hydrogens is 182 g/mol. The number of hydrogen-bond donors (Lipinski definition) is 3. The van der Waals surface area contributed by atoms with E-state index in [1.54, 1.807) is 12.1 Å². The first kappa shape index (κ1) is 10.5. The monoisotopic (exact) mass is 195 g/mol. The summed E-state index contributed by atoms with van der Waals surface area (Å²) in [5.41, 5.74) is 1.07. The number of carbonyl (C=O) groups is 1. The van der Waals surface area contributed by atoms with Gasteiger partial charge in [-0.1, -0.05) is 12.1 Å². The van der Waals surface area contributed by atoms with Crippen LogP contribution < -0.4 is 5.32 Å². The van der Waals surface area contributed by atoms with Gasteiger partial charge in [-0.25, -0.2) is 0 Å². The van der Waals surface area contributed by atoms with Gasteiger partial charge in [0, 0.05) is 0 Å². The van der Waals surface area contributed by atoms with E-state index in [2.05, 4.69) is 5.32 Å². The van der Waals surface area contributed by atoms with Crippen LogP contribution in [0.5, 0.6) is 5.75 Å². The summed E-state index contributed by atoms with van der Waals surface area (Å²) in [5.74, 6) is -0.608. The smallest absolute Gasteiger partial charge is 0.317 e. The number of phenolic OH excluding ortho intramolecular Hbond substituents is 1. The fourth-order valence-corrected chi connectivity index (χ4v) is 1.09. The maximum atomic E-state index is 10.2. The summed E-state index contributed by atoms with van der Waals surface area (Å²) in [6.07, 6.45) is 0.757. The molecule has 0 saturated heterocycles. The summed E-state index contributed by atoms with van der Waals surface area (Å²) in [4.78, 5) is 10.2. The van der Waals surface area contributed by atoms with Crippen molar-refractivity contribution in [1.29, 1.82) is 0 Å². The highest BCUT2D eigenvalue weighted by atomic mass is 16.4. The van der Waals surface area contributed by atoms with Crippen LogP contribution in [0.4, 0.5) is 0 Å². The Morgan fingerprint density at radius 2 is 1.93 bits per heavy atom. The Labute approximate surface area is 82.2 Å². The average molecular weight is 195 g/mol. The molecule has 0 heterocycles. The zero-order valence-electron chi connectivity index (χ0n) is 7.73. The molecule has 3 N–H and O–H groups in total. The van der Waals surface area contributed by atoms with E-state index in [1.807, 2.05) is 12.1 Å². The van der Waals surface area contributed by atoms with Gasteiger partial charge < -0.3 is 15.5 Å². The summed E-state index contributed by atoms with van der Waals surface area (Å²) in [6.45, 7) is 0.606. The Balaban J connectivity index is 2.25. The molecule has 0 aliphatic rings. The van der Waals surface area contributed by atoms with Gasteiger partial charge in [0.05, 0.1) is 6.54 Å². The van der Waals surface area contributed by atoms with Gasteiger partial charge in [-0.2, -0.15) is 0 Å². The fraction of sp³-hybridized carbons (Fsp3) is 0.300. The molecule has 76 valence electrons. The third-order valence-electron chi connectivity index (χ3n) is 1.80. The summed E-state index contributed by atoms with van der Waals surface area (Å²) >= 11 is 0. The van der Waals surface area contributed by atoms with Crippen LogP contribution in [0.15, 0.2) is 24.3 Å². The van der Waals surface area contributed by atoms with E-state index in [4.69, 9.17) is 10.2 Å². The van der Waals surface area contributed by atoms with E-state index in [1.165, 1.54) is 0 Å². The van der Waals surface area contributed by atoms with Gasteiger partial charge in [0.15, 0.2) is 0 Å². The number of hydrogen-bond acceptors (Lipinski definition) is 3. The third kappa shape index (κ3) is 3.91. The lowest BCUT2D eigenvalue weighted by Crippen LogP contribution is -2.24. The summed E-state index contributed by atoms with van der Waals surface area (Å²) in [5, 5.41) is 20.1. The van der Waals surface area contributed by atoms with Gasteiger partial charge in [-0.15, -0.1) is 0 Å². The van der Waals surface area contributed by atoms with Crippen molar-refractivity contribution in [3.63, 3.8) is 0 Å². The molecule has 4 nitrogen and oxygen atoms in total. The van der Waals surface area contributed by atoms with Crippen molar-refractivity contribution in [2.75, 3.05) is 13.1 Å². The minimum atomic E-state index is -0.851. The minimum Gasteiger partial charge on any atom is -0.508 e. The normalized spacial score (nSPS) is 10.0. The molecule has 0 unspecified atom stereocenters. The predicted octanol–water partition coefficient (Wildman–Crippen LogP) is 0.609. The first-order valence-corrected chi connectivity index (χ1v) is 4.39. The summed E-state index contributed by atoms with van der Waals surface area (Å²) < 4.78 is 0. The van der Waals surface area contributed by atoms with Crippen LogP contribution in [0.3, 0.4) is 0 Å². The highest BCUT2D eigenvalue weighted by Crippen LogP contribution is 2.09. The van der Waals surface area contributed by atoms with Gasteiger partial charge in [0.25, 0.3) is 0 Å². The lowest BCUT2D eigenvalue weighted by molar-refractivity contribution is -0.135. The Morgan fingerprint density at radius 1 is 1.29 bits per heavy atom. The Bertz CT molecular complexity index is 295. The van der Waals surface area contributed by atoms with E-state index >= 15 is 0 Å². The number of phenols is 1. The number of aliphatic carboxylic acids is 1. The largest absolute Gasteiger partial charge is 0.508 e. The van der Waals surface area contributed by atoms with Crippen LogP contribution in [-0.4, -0.2) is 29.3 Å². The van der Waals surface area contributed by atoms with E-state index < -0.39 is 5.97 Å². The van der Waals surface area contributed by atoms with Crippen molar-refractivity contribution in [3.05, 3.63) is 29.8 Å². The summed E-state index contributed by atoms with van der Waals surface area (Å²) in [7, 11) is 0. The molecule has 0 saturated carbocycles. The third-order valence-corrected chi connectivity index (χ3v) is 1.80. The molecule has 0 aromatic heterocycles. The highest BCUT2D eigenvalue weighted by molar-refractivity contribution is 5.68. The van der Waals surface area contributed by atoms with Crippen molar-refractivity contribution in [1.82, 2.24) is 5.32 Å². The van der Waals surface area contributed by atoms with E-state index in [0.717, 1.165) is 12.0 Å². The van der Waals surface area contributed by atoms with Crippen molar-refractivity contribution >= 4 is 5.97 Å². The number of nitrogens with one attached hydrogen (secondary N) is 1. The lowest BCUT2D eigenvalue weighted by Gasteiger charge is -2.02. The van der Waals surface area contributed by atoms with Gasteiger partial charge in [0.2, 0.25) is 0 Å². The molecule has 1 aromatic carbocycles. The van der Waals surface area contributed by atoms with Crippen LogP contribution in [0, 0.1) is 0 Å². The quantitative estimate of drug-likeness (QED) is 0.602. The number of aromatic hydroxyl groups is 1. The Hall–Kier alpha value is -1.55. The van der Waals surface area contributed by atoms with Crippen LogP contribution in [0.2, 0.25) is 0 Å². The van der Waals surface area contributed by atoms with Crippen LogP contribution in [0.1, 0.15) is 5.56 Å². The predicted molar refractivity (Wildman–Crippen MR) is 52.3 cm³/mol. The second-order valence-corrected chi connectivity index (χ2v) is 2.99. The molecule has 14 heavy (non-hydrogen) atoms. The zero-order chi connectivity index (χ0) is 10.4. The maximum Gasteiger partial charge on any atom is 0.317 e. The molecule has 4 heteroatoms. The molecule has 0 radical (unpaired) electrons. The van der Waals surface area contributed by atoms with Crippen molar-refractivity contribution in [2.24, 2.45) is 0 Å². The highest BCUT2D eigenvalue weighted by Gasteiger charge is 1.96. The van der Waals surface area contributed by atoms with Gasteiger partial charge >= 0.3 is 5.97 Å². The molecule has 0 aliphatic heterocycles. The van der Waals surface area contributed by atoms with Crippen molar-refractivity contribution < 1.29 is 15.0 Å². The number of carboxylic acids is 1. The summed E-state index contributed by atoms with van der Waals surface area (Å²) in [6, 6.07) is 6.87. The van der Waals surface area contributed by atoms with Crippen molar-refractivity contribution in [3.8, 4) is 5.75 Å². The molecule has 0 amide bonds.